The van der Waals surface area contributed by atoms with E-state index in [1.165, 1.54) is 11.1 Å². The van der Waals surface area contributed by atoms with Crippen LogP contribution in [0.4, 0.5) is 5.82 Å². The first-order chi connectivity index (χ1) is 18.5. The molecule has 7 nitrogen and oxygen atoms in total. The topological polar surface area (TPSA) is 101 Å². The Bertz CT molecular complexity index is 1440. The standard InChI is InChI=1S/C31H31N5O2/c1-21-33-18-26(29(32)34-21)20-36(19-22-8-3-2-4-9-22)31(38)25-16-14-24(15-17-25)30(37)35-28-13-7-11-23-10-5-6-12-27(23)28/h2-6,8-10,12,14-18,28H,7,11,13,19-20H2,1H3,(H,35,37)(H2,32,33,34). The number of hydrogen-bond acceptors (Lipinski definition) is 5. The third-order valence-corrected chi connectivity index (χ3v) is 6.95. The summed E-state index contributed by atoms with van der Waals surface area (Å²) < 4.78 is 0. The average Bonchev–Trinajstić information content (AvgIpc) is 2.94. The number of aromatic nitrogens is 2. The van der Waals surface area contributed by atoms with Crippen LogP contribution in [0.1, 0.15) is 67.7 Å². The van der Waals surface area contributed by atoms with Gasteiger partial charge in [0.15, 0.2) is 0 Å². The minimum absolute atomic E-state index is 0.00249. The Kier molecular flexibility index (Phi) is 7.45. The normalized spacial score (nSPS) is 14.4. The first-order valence-corrected chi connectivity index (χ1v) is 12.9. The molecule has 0 spiro atoms. The molecule has 38 heavy (non-hydrogen) atoms. The Morgan fingerprint density at radius 3 is 2.42 bits per heavy atom. The van der Waals surface area contributed by atoms with Crippen LogP contribution in [0.15, 0.2) is 85.1 Å². The van der Waals surface area contributed by atoms with Gasteiger partial charge in [-0.3, -0.25) is 9.59 Å². The lowest BCUT2D eigenvalue weighted by atomic mass is 9.87. The van der Waals surface area contributed by atoms with Crippen LogP contribution in [-0.2, 0) is 19.5 Å². The molecule has 1 aliphatic rings. The molecular formula is C31H31N5O2. The van der Waals surface area contributed by atoms with Gasteiger partial charge in [-0.1, -0.05) is 54.6 Å². The van der Waals surface area contributed by atoms with Crippen molar-refractivity contribution in [2.75, 3.05) is 5.73 Å². The highest BCUT2D eigenvalue weighted by Crippen LogP contribution is 2.29. The van der Waals surface area contributed by atoms with Crippen LogP contribution in [0, 0.1) is 6.92 Å². The number of rotatable bonds is 7. The summed E-state index contributed by atoms with van der Waals surface area (Å²) in [6.07, 6.45) is 4.67. The lowest BCUT2D eigenvalue weighted by Crippen LogP contribution is -2.32. The molecule has 1 aliphatic carbocycles. The summed E-state index contributed by atoms with van der Waals surface area (Å²) in [5.74, 6) is 0.635. The first kappa shape index (κ1) is 25.1. The van der Waals surface area contributed by atoms with Crippen molar-refractivity contribution in [3.63, 3.8) is 0 Å². The number of nitrogens with zero attached hydrogens (tertiary/aromatic N) is 3. The van der Waals surface area contributed by atoms with Crippen LogP contribution in [0.3, 0.4) is 0 Å². The van der Waals surface area contributed by atoms with Gasteiger partial charge in [-0.15, -0.1) is 0 Å². The molecule has 1 atom stereocenters. The molecule has 192 valence electrons. The average molecular weight is 506 g/mol. The minimum atomic E-state index is -0.165. The Labute approximate surface area is 222 Å². The van der Waals surface area contributed by atoms with Gasteiger partial charge in [-0.05, 0) is 67.1 Å². The quantitative estimate of drug-likeness (QED) is 0.367. The number of nitrogens with one attached hydrogen (secondary N) is 1. The van der Waals surface area contributed by atoms with E-state index in [0.717, 1.165) is 24.8 Å². The Balaban J connectivity index is 1.33. The van der Waals surface area contributed by atoms with Gasteiger partial charge in [-0.25, -0.2) is 9.97 Å². The first-order valence-electron chi connectivity index (χ1n) is 12.9. The van der Waals surface area contributed by atoms with Gasteiger partial charge in [-0.2, -0.15) is 0 Å². The highest BCUT2D eigenvalue weighted by Gasteiger charge is 2.23. The van der Waals surface area contributed by atoms with E-state index in [4.69, 9.17) is 5.73 Å². The van der Waals surface area contributed by atoms with Crippen molar-refractivity contribution in [1.82, 2.24) is 20.2 Å². The van der Waals surface area contributed by atoms with Crippen molar-refractivity contribution in [3.8, 4) is 0 Å². The second kappa shape index (κ2) is 11.3. The van der Waals surface area contributed by atoms with E-state index in [-0.39, 0.29) is 24.4 Å². The Morgan fingerprint density at radius 2 is 1.66 bits per heavy atom. The van der Waals surface area contributed by atoms with Crippen LogP contribution in [0.5, 0.6) is 0 Å². The maximum atomic E-state index is 13.6. The van der Waals surface area contributed by atoms with Crippen LogP contribution in [0.25, 0.3) is 0 Å². The number of anilines is 1. The molecule has 0 bridgehead atoms. The molecule has 0 aliphatic heterocycles. The van der Waals surface area contributed by atoms with Crippen LogP contribution < -0.4 is 11.1 Å². The number of amides is 2. The highest BCUT2D eigenvalue weighted by atomic mass is 16.2. The molecule has 1 heterocycles. The van der Waals surface area contributed by atoms with E-state index in [0.29, 0.717) is 34.9 Å². The van der Waals surface area contributed by atoms with Gasteiger partial charge in [0.25, 0.3) is 11.8 Å². The Morgan fingerprint density at radius 1 is 0.947 bits per heavy atom. The third-order valence-electron chi connectivity index (χ3n) is 6.95. The monoisotopic (exact) mass is 505 g/mol. The zero-order chi connectivity index (χ0) is 26.5. The fourth-order valence-electron chi connectivity index (χ4n) is 4.94. The molecule has 2 amide bonds. The van der Waals surface area contributed by atoms with Crippen LogP contribution >= 0.6 is 0 Å². The second-order valence-corrected chi connectivity index (χ2v) is 9.67. The summed E-state index contributed by atoms with van der Waals surface area (Å²) in [6.45, 7) is 2.44. The molecule has 5 rings (SSSR count). The molecule has 7 heteroatoms. The number of hydrogen-bond donors (Lipinski definition) is 2. The lowest BCUT2D eigenvalue weighted by molar-refractivity contribution is 0.0729. The van der Waals surface area contributed by atoms with E-state index >= 15 is 0 Å². The molecule has 3 N–H and O–H groups in total. The van der Waals surface area contributed by atoms with E-state index in [1.54, 1.807) is 42.3 Å². The fourth-order valence-corrected chi connectivity index (χ4v) is 4.94. The van der Waals surface area contributed by atoms with Crippen LogP contribution in [-0.4, -0.2) is 26.7 Å². The van der Waals surface area contributed by atoms with Gasteiger partial charge in [0, 0.05) is 29.4 Å². The van der Waals surface area contributed by atoms with Crippen molar-refractivity contribution in [3.05, 3.63) is 124 Å². The van der Waals surface area contributed by atoms with Crippen molar-refractivity contribution >= 4 is 17.6 Å². The van der Waals surface area contributed by atoms with E-state index in [2.05, 4.69) is 27.4 Å². The second-order valence-electron chi connectivity index (χ2n) is 9.67. The molecule has 1 unspecified atom stereocenters. The summed E-state index contributed by atoms with van der Waals surface area (Å²) >= 11 is 0. The van der Waals surface area contributed by atoms with Crippen LogP contribution in [0.2, 0.25) is 0 Å². The predicted molar refractivity (Wildman–Crippen MR) is 147 cm³/mol. The number of fused-ring (bicyclic) bond motifs is 1. The number of carbonyl (C=O) groups is 2. The molecule has 0 fully saturated rings. The smallest absolute Gasteiger partial charge is 0.254 e. The maximum absolute atomic E-state index is 13.6. The van der Waals surface area contributed by atoms with Gasteiger partial charge >= 0.3 is 0 Å². The van der Waals surface area contributed by atoms with Gasteiger partial charge in [0.1, 0.15) is 11.6 Å². The van der Waals surface area contributed by atoms with Gasteiger partial charge < -0.3 is 16.0 Å². The minimum Gasteiger partial charge on any atom is -0.383 e. The molecule has 0 saturated carbocycles. The highest BCUT2D eigenvalue weighted by molar-refractivity contribution is 5.98. The molecule has 4 aromatic rings. The zero-order valence-electron chi connectivity index (χ0n) is 21.4. The summed E-state index contributed by atoms with van der Waals surface area (Å²) in [5, 5.41) is 3.18. The van der Waals surface area contributed by atoms with Gasteiger partial charge in [0.05, 0.1) is 12.6 Å². The third kappa shape index (κ3) is 5.72. The number of aryl methyl sites for hydroxylation is 2. The van der Waals surface area contributed by atoms with E-state index in [9.17, 15) is 9.59 Å². The number of nitrogen functional groups attached to an aromatic ring is 1. The van der Waals surface area contributed by atoms with Crippen molar-refractivity contribution in [1.29, 1.82) is 0 Å². The molecular weight excluding hydrogens is 474 g/mol. The summed E-state index contributed by atoms with van der Waals surface area (Å²) in [7, 11) is 0. The number of nitrogens with two attached hydrogens (primary N) is 1. The predicted octanol–water partition coefficient (Wildman–Crippen LogP) is 5.02. The number of benzene rings is 3. The largest absolute Gasteiger partial charge is 0.383 e. The van der Waals surface area contributed by atoms with E-state index < -0.39 is 0 Å². The summed E-state index contributed by atoms with van der Waals surface area (Å²) in [4.78, 5) is 36.9. The summed E-state index contributed by atoms with van der Waals surface area (Å²) in [6, 6.07) is 24.9. The van der Waals surface area contributed by atoms with E-state index in [1.807, 2.05) is 42.5 Å². The van der Waals surface area contributed by atoms with Crippen molar-refractivity contribution in [2.45, 2.75) is 45.3 Å². The molecule has 3 aromatic carbocycles. The fraction of sp³-hybridized carbons (Fsp3) is 0.226. The molecule has 0 saturated heterocycles. The number of carbonyl (C=O) groups excluding carboxylic acids is 2. The van der Waals surface area contributed by atoms with Crippen molar-refractivity contribution < 1.29 is 9.59 Å². The SMILES string of the molecule is Cc1ncc(CN(Cc2ccccc2)C(=O)c2ccc(C(=O)NC3CCCc4ccccc43)cc2)c(N)n1. The lowest BCUT2D eigenvalue weighted by Gasteiger charge is -2.26. The Hall–Kier alpha value is -4.52. The summed E-state index contributed by atoms with van der Waals surface area (Å²) in [5.41, 5.74) is 11.3. The zero-order valence-corrected chi connectivity index (χ0v) is 21.4. The van der Waals surface area contributed by atoms with Crippen molar-refractivity contribution in [2.24, 2.45) is 0 Å². The molecule has 1 aromatic heterocycles. The maximum Gasteiger partial charge on any atom is 0.254 e. The van der Waals surface area contributed by atoms with Gasteiger partial charge in [0.2, 0.25) is 0 Å². The molecule has 0 radical (unpaired) electrons.